The van der Waals surface area contributed by atoms with Gasteiger partial charge in [-0.3, -0.25) is 4.79 Å². The van der Waals surface area contributed by atoms with Crippen molar-refractivity contribution in [3.8, 4) is 0 Å². The number of benzene rings is 2. The summed E-state index contributed by atoms with van der Waals surface area (Å²) in [5, 5.41) is 1.28. The van der Waals surface area contributed by atoms with Crippen LogP contribution < -0.4 is 4.90 Å². The van der Waals surface area contributed by atoms with Gasteiger partial charge in [0.25, 0.3) is 0 Å². The number of halogens is 3. The van der Waals surface area contributed by atoms with Crippen molar-refractivity contribution in [2.24, 2.45) is 0 Å². The predicted octanol–water partition coefficient (Wildman–Crippen LogP) is 5.11. The number of H-pyrrole nitrogens is 1. The molecule has 0 radical (unpaired) electrons. The molecule has 0 fully saturated rings. The molecule has 5 nitrogen and oxygen atoms in total. The molecule has 0 bridgehead atoms. The Hall–Kier alpha value is -2.57. The third kappa shape index (κ3) is 3.98. The van der Waals surface area contributed by atoms with Gasteiger partial charge in [0.1, 0.15) is 11.5 Å². The molecule has 0 aliphatic carbocycles. The largest absolute Gasteiger partial charge is 0.461 e. The molecular weight excluding hydrogens is 406 g/mol. The van der Waals surface area contributed by atoms with Crippen LogP contribution in [0.5, 0.6) is 0 Å². The van der Waals surface area contributed by atoms with Crippen LogP contribution in [0.1, 0.15) is 27.8 Å². The Morgan fingerprint density at radius 1 is 1.21 bits per heavy atom. The lowest BCUT2D eigenvalue weighted by atomic mass is 10.1. The summed E-state index contributed by atoms with van der Waals surface area (Å²) < 4.78 is 18.5. The molecule has 0 aliphatic rings. The van der Waals surface area contributed by atoms with Crippen LogP contribution in [-0.2, 0) is 4.74 Å². The number of esters is 1. The van der Waals surface area contributed by atoms with Crippen molar-refractivity contribution < 1.29 is 18.7 Å². The van der Waals surface area contributed by atoms with Gasteiger partial charge < -0.3 is 14.6 Å². The Labute approximate surface area is 171 Å². The number of aromatic amines is 1. The second kappa shape index (κ2) is 8.20. The van der Waals surface area contributed by atoms with Crippen LogP contribution in [0.4, 0.5) is 10.1 Å². The van der Waals surface area contributed by atoms with Crippen LogP contribution in [0.25, 0.3) is 10.9 Å². The van der Waals surface area contributed by atoms with E-state index in [-0.39, 0.29) is 30.2 Å². The van der Waals surface area contributed by atoms with Crippen molar-refractivity contribution in [1.29, 1.82) is 0 Å². The first-order valence-electron chi connectivity index (χ1n) is 8.49. The van der Waals surface area contributed by atoms with E-state index >= 15 is 0 Å². The number of aromatic nitrogens is 1. The van der Waals surface area contributed by atoms with Gasteiger partial charge in [-0.2, -0.15) is 0 Å². The maximum Gasteiger partial charge on any atom is 0.356 e. The van der Waals surface area contributed by atoms with E-state index in [9.17, 15) is 14.0 Å². The third-order valence-electron chi connectivity index (χ3n) is 4.18. The number of hydrogen-bond donors (Lipinski definition) is 1. The number of ketones is 1. The lowest BCUT2D eigenvalue weighted by molar-refractivity contribution is 0.0521. The maximum atomic E-state index is 13.4. The highest BCUT2D eigenvalue weighted by Gasteiger charge is 2.25. The van der Waals surface area contributed by atoms with Gasteiger partial charge >= 0.3 is 5.97 Å². The molecule has 0 saturated carbocycles. The first-order valence-corrected chi connectivity index (χ1v) is 9.25. The quantitative estimate of drug-likeness (QED) is 0.442. The van der Waals surface area contributed by atoms with Crippen molar-refractivity contribution >= 4 is 51.5 Å². The fraction of sp³-hybridized carbons (Fsp3) is 0.200. The molecule has 3 aromatic rings. The lowest BCUT2D eigenvalue weighted by Gasteiger charge is -2.19. The second-order valence-corrected chi connectivity index (χ2v) is 7.01. The molecule has 2 aromatic carbocycles. The van der Waals surface area contributed by atoms with E-state index in [2.05, 4.69) is 4.98 Å². The van der Waals surface area contributed by atoms with Crippen LogP contribution in [0.15, 0.2) is 36.4 Å². The summed E-state index contributed by atoms with van der Waals surface area (Å²) in [7, 11) is 1.65. The minimum Gasteiger partial charge on any atom is -0.461 e. The number of carbonyl (C=O) groups is 2. The first-order chi connectivity index (χ1) is 13.3. The average Bonchev–Trinajstić information content (AvgIpc) is 3.01. The summed E-state index contributed by atoms with van der Waals surface area (Å²) in [5.74, 6) is -1.38. The van der Waals surface area contributed by atoms with Gasteiger partial charge in [-0.05, 0) is 31.2 Å². The number of likely N-dealkylation sites (N-methyl/N-ethyl adjacent to an activating group) is 1. The molecule has 0 unspecified atom stereocenters. The molecule has 146 valence electrons. The van der Waals surface area contributed by atoms with E-state index in [0.717, 1.165) is 0 Å². The van der Waals surface area contributed by atoms with Crippen LogP contribution in [0, 0.1) is 5.82 Å². The number of fused-ring (bicyclic) bond motifs is 1. The molecule has 0 aliphatic heterocycles. The predicted molar refractivity (Wildman–Crippen MR) is 108 cm³/mol. The summed E-state index contributed by atoms with van der Waals surface area (Å²) in [6, 6.07) is 8.63. The smallest absolute Gasteiger partial charge is 0.356 e. The standard InChI is InChI=1S/C20H17Cl2FN2O3/c1-3-28-20(27)18-19(17-14(22)8-12(21)9-15(17)24-18)25(2)10-16(26)11-5-4-6-13(23)7-11/h4-9,24H,3,10H2,1-2H3. The van der Waals surface area contributed by atoms with Crippen LogP contribution >= 0.6 is 23.2 Å². The molecule has 0 atom stereocenters. The van der Waals surface area contributed by atoms with Gasteiger partial charge in [0.05, 0.1) is 29.4 Å². The Morgan fingerprint density at radius 3 is 2.64 bits per heavy atom. The molecule has 28 heavy (non-hydrogen) atoms. The molecule has 1 aromatic heterocycles. The summed E-state index contributed by atoms with van der Waals surface area (Å²) in [6.07, 6.45) is 0. The Kier molecular flexibility index (Phi) is 5.91. The number of nitrogens with zero attached hydrogens (tertiary/aromatic N) is 1. The molecule has 1 N–H and O–H groups in total. The van der Waals surface area contributed by atoms with E-state index in [1.807, 2.05) is 0 Å². The van der Waals surface area contributed by atoms with Gasteiger partial charge in [-0.15, -0.1) is 0 Å². The molecule has 3 rings (SSSR count). The number of nitrogens with one attached hydrogen (secondary N) is 1. The minimum absolute atomic E-state index is 0.0955. The fourth-order valence-corrected chi connectivity index (χ4v) is 3.60. The second-order valence-electron chi connectivity index (χ2n) is 6.17. The van der Waals surface area contributed by atoms with Crippen molar-refractivity contribution in [2.75, 3.05) is 25.1 Å². The Balaban J connectivity index is 2.05. The highest BCUT2D eigenvalue weighted by atomic mass is 35.5. The molecular formula is C20H17Cl2FN2O3. The van der Waals surface area contributed by atoms with E-state index in [4.69, 9.17) is 27.9 Å². The zero-order valence-corrected chi connectivity index (χ0v) is 16.7. The zero-order chi connectivity index (χ0) is 20.4. The maximum absolute atomic E-state index is 13.4. The molecule has 0 amide bonds. The van der Waals surface area contributed by atoms with Crippen LogP contribution in [-0.4, -0.2) is 36.9 Å². The summed E-state index contributed by atoms with van der Waals surface area (Å²) >= 11 is 12.4. The van der Waals surface area contributed by atoms with Gasteiger partial charge in [0, 0.05) is 23.0 Å². The van der Waals surface area contributed by atoms with Gasteiger partial charge in [0.2, 0.25) is 0 Å². The van der Waals surface area contributed by atoms with Crippen molar-refractivity contribution in [3.63, 3.8) is 0 Å². The number of anilines is 1. The van der Waals surface area contributed by atoms with Crippen molar-refractivity contribution in [2.45, 2.75) is 6.92 Å². The highest BCUT2D eigenvalue weighted by molar-refractivity contribution is 6.40. The van der Waals surface area contributed by atoms with Gasteiger partial charge in [0.15, 0.2) is 5.78 Å². The van der Waals surface area contributed by atoms with Crippen LogP contribution in [0.3, 0.4) is 0 Å². The summed E-state index contributed by atoms with van der Waals surface area (Å²) in [5.41, 5.74) is 1.36. The minimum atomic E-state index is -0.578. The number of ether oxygens (including phenoxy) is 1. The van der Waals surface area contributed by atoms with Crippen molar-refractivity contribution in [3.05, 3.63) is 63.5 Å². The zero-order valence-electron chi connectivity index (χ0n) is 15.2. The molecule has 1 heterocycles. The van der Waals surface area contributed by atoms with Gasteiger partial charge in [-0.25, -0.2) is 9.18 Å². The Morgan fingerprint density at radius 2 is 1.96 bits per heavy atom. The third-order valence-corrected chi connectivity index (χ3v) is 4.69. The van der Waals surface area contributed by atoms with E-state index in [1.54, 1.807) is 31.0 Å². The number of rotatable bonds is 6. The Bertz CT molecular complexity index is 1070. The normalized spacial score (nSPS) is 10.9. The molecule has 0 saturated heterocycles. The SMILES string of the molecule is CCOC(=O)c1[nH]c2cc(Cl)cc(Cl)c2c1N(C)CC(=O)c1cccc(F)c1. The monoisotopic (exact) mass is 422 g/mol. The van der Waals surface area contributed by atoms with Crippen LogP contribution in [0.2, 0.25) is 10.0 Å². The van der Waals surface area contributed by atoms with E-state index < -0.39 is 11.8 Å². The number of hydrogen-bond acceptors (Lipinski definition) is 4. The van der Waals surface area contributed by atoms with Crippen molar-refractivity contribution in [1.82, 2.24) is 4.98 Å². The number of Topliss-reactive ketones (excluding diaryl/α,β-unsaturated/α-hetero) is 1. The fourth-order valence-electron chi connectivity index (χ4n) is 3.01. The number of carbonyl (C=O) groups excluding carboxylic acids is 2. The summed E-state index contributed by atoms with van der Waals surface area (Å²) in [6.45, 7) is 1.79. The summed E-state index contributed by atoms with van der Waals surface area (Å²) in [4.78, 5) is 29.6. The van der Waals surface area contributed by atoms with E-state index in [0.29, 0.717) is 26.6 Å². The van der Waals surface area contributed by atoms with Gasteiger partial charge in [-0.1, -0.05) is 35.3 Å². The molecule has 8 heteroatoms. The highest BCUT2D eigenvalue weighted by Crippen LogP contribution is 2.38. The van der Waals surface area contributed by atoms with E-state index in [1.165, 1.54) is 24.3 Å². The lowest BCUT2D eigenvalue weighted by Crippen LogP contribution is -2.27. The molecule has 0 spiro atoms. The topological polar surface area (TPSA) is 62.4 Å². The first kappa shape index (κ1) is 20.2. The average molecular weight is 423 g/mol.